The van der Waals surface area contributed by atoms with E-state index in [2.05, 4.69) is 15.9 Å². The number of rotatable bonds is 1. The van der Waals surface area contributed by atoms with Crippen molar-refractivity contribution in [3.63, 3.8) is 0 Å². The van der Waals surface area contributed by atoms with E-state index in [1.54, 1.807) is 6.92 Å². The molecule has 13 heavy (non-hydrogen) atoms. The second-order valence-electron chi connectivity index (χ2n) is 2.83. The average Bonchev–Trinajstić information content (AvgIpc) is 1.94. The topological polar surface area (TPSA) is 34.1 Å². The molecule has 0 saturated carbocycles. The van der Waals surface area contributed by atoms with E-state index in [0.717, 1.165) is 6.26 Å². The van der Waals surface area contributed by atoms with Crippen LogP contribution in [0.25, 0.3) is 0 Å². The summed E-state index contributed by atoms with van der Waals surface area (Å²) in [5.74, 6) is -0.729. The summed E-state index contributed by atoms with van der Waals surface area (Å²) < 4.78 is 35.6. The number of aryl methyl sites for hydroxylation is 1. The molecule has 0 heterocycles. The second kappa shape index (κ2) is 3.38. The zero-order valence-corrected chi connectivity index (χ0v) is 9.54. The van der Waals surface area contributed by atoms with Gasteiger partial charge in [-0.05, 0) is 40.5 Å². The molecule has 72 valence electrons. The van der Waals surface area contributed by atoms with Crippen LogP contribution >= 0.6 is 15.9 Å². The fourth-order valence-electron chi connectivity index (χ4n) is 0.963. The van der Waals surface area contributed by atoms with Gasteiger partial charge in [0, 0.05) is 6.26 Å². The number of sulfone groups is 1. The Morgan fingerprint density at radius 2 is 1.92 bits per heavy atom. The Morgan fingerprint density at radius 1 is 1.38 bits per heavy atom. The predicted molar refractivity (Wildman–Crippen MR) is 51.9 cm³/mol. The van der Waals surface area contributed by atoms with E-state index in [4.69, 9.17) is 0 Å². The third-order valence-electron chi connectivity index (χ3n) is 1.54. The van der Waals surface area contributed by atoms with Crippen molar-refractivity contribution in [2.75, 3.05) is 6.26 Å². The third kappa shape index (κ3) is 2.28. The monoisotopic (exact) mass is 266 g/mol. The molecule has 0 bridgehead atoms. The molecule has 0 saturated heterocycles. The first-order chi connectivity index (χ1) is 5.82. The first-order valence-corrected chi connectivity index (χ1v) is 6.16. The van der Waals surface area contributed by atoms with Gasteiger partial charge in [0.15, 0.2) is 15.7 Å². The molecule has 5 heteroatoms. The van der Waals surface area contributed by atoms with Gasteiger partial charge in [0.05, 0.1) is 4.47 Å². The lowest BCUT2D eigenvalue weighted by Gasteiger charge is -2.03. The summed E-state index contributed by atoms with van der Waals surface area (Å²) in [6.45, 7) is 1.71. The van der Waals surface area contributed by atoms with Gasteiger partial charge >= 0.3 is 0 Å². The van der Waals surface area contributed by atoms with Gasteiger partial charge in [-0.25, -0.2) is 12.8 Å². The largest absolute Gasteiger partial charge is 0.224 e. The number of halogens is 2. The normalized spacial score (nSPS) is 11.7. The van der Waals surface area contributed by atoms with Crippen molar-refractivity contribution in [3.8, 4) is 0 Å². The summed E-state index contributed by atoms with van der Waals surface area (Å²) >= 11 is 2.95. The van der Waals surface area contributed by atoms with Gasteiger partial charge < -0.3 is 0 Å². The lowest BCUT2D eigenvalue weighted by atomic mass is 10.2. The Labute approximate surface area is 84.8 Å². The standard InChI is InChI=1S/C8H8BrFO2S/c1-5-3-6(9)8(10)7(4-5)13(2,11)12/h3-4H,1-2H3. The molecule has 0 aromatic heterocycles. The maximum atomic E-state index is 13.3. The summed E-state index contributed by atoms with van der Waals surface area (Å²) in [5, 5.41) is 0. The molecule has 2 nitrogen and oxygen atoms in total. The van der Waals surface area contributed by atoms with Crippen LogP contribution in [0.2, 0.25) is 0 Å². The Balaban J connectivity index is 3.56. The zero-order chi connectivity index (χ0) is 10.2. The van der Waals surface area contributed by atoms with Crippen LogP contribution in [0.5, 0.6) is 0 Å². The average molecular weight is 267 g/mol. The van der Waals surface area contributed by atoms with Crippen molar-refractivity contribution >= 4 is 25.8 Å². The van der Waals surface area contributed by atoms with Gasteiger partial charge in [-0.2, -0.15) is 0 Å². The molecule has 0 aliphatic carbocycles. The van der Waals surface area contributed by atoms with E-state index in [9.17, 15) is 12.8 Å². The van der Waals surface area contributed by atoms with E-state index < -0.39 is 15.7 Å². The molecule has 1 rings (SSSR count). The van der Waals surface area contributed by atoms with E-state index in [1.165, 1.54) is 12.1 Å². The molecule has 0 atom stereocenters. The highest BCUT2D eigenvalue weighted by molar-refractivity contribution is 9.10. The van der Waals surface area contributed by atoms with E-state index in [1.807, 2.05) is 0 Å². The van der Waals surface area contributed by atoms with E-state index in [0.29, 0.717) is 5.56 Å². The van der Waals surface area contributed by atoms with Crippen LogP contribution in [-0.4, -0.2) is 14.7 Å². The fourth-order valence-corrected chi connectivity index (χ4v) is 2.50. The molecule has 0 aliphatic rings. The second-order valence-corrected chi connectivity index (χ2v) is 5.67. The Morgan fingerprint density at radius 3 is 2.38 bits per heavy atom. The Hall–Kier alpha value is -0.420. The van der Waals surface area contributed by atoms with Crippen LogP contribution in [-0.2, 0) is 9.84 Å². The summed E-state index contributed by atoms with van der Waals surface area (Å²) in [7, 11) is -3.48. The Kier molecular flexibility index (Phi) is 2.77. The molecule has 0 N–H and O–H groups in total. The van der Waals surface area contributed by atoms with E-state index in [-0.39, 0.29) is 9.37 Å². The summed E-state index contributed by atoms with van der Waals surface area (Å²) in [5.41, 5.74) is 0.703. The lowest BCUT2D eigenvalue weighted by molar-refractivity contribution is 0.566. The predicted octanol–water partition coefficient (Wildman–Crippen LogP) is 2.30. The van der Waals surface area contributed by atoms with Gasteiger partial charge in [-0.1, -0.05) is 0 Å². The van der Waals surface area contributed by atoms with Crippen LogP contribution in [0.15, 0.2) is 21.5 Å². The Bertz CT molecular complexity index is 440. The molecule has 0 amide bonds. The van der Waals surface area contributed by atoms with Crippen LogP contribution in [0.4, 0.5) is 4.39 Å². The quantitative estimate of drug-likeness (QED) is 0.782. The fraction of sp³-hybridized carbons (Fsp3) is 0.250. The van der Waals surface area contributed by atoms with Crippen molar-refractivity contribution in [1.82, 2.24) is 0 Å². The number of hydrogen-bond donors (Lipinski definition) is 0. The van der Waals surface area contributed by atoms with Crippen molar-refractivity contribution < 1.29 is 12.8 Å². The number of hydrogen-bond acceptors (Lipinski definition) is 2. The minimum atomic E-state index is -3.48. The third-order valence-corrected chi connectivity index (χ3v) is 3.21. The summed E-state index contributed by atoms with van der Waals surface area (Å²) in [6, 6.07) is 2.85. The van der Waals surface area contributed by atoms with Gasteiger partial charge in [0.25, 0.3) is 0 Å². The SMILES string of the molecule is Cc1cc(Br)c(F)c(S(C)(=O)=O)c1. The summed E-state index contributed by atoms with van der Waals surface area (Å²) in [4.78, 5) is -0.264. The molecule has 1 aromatic rings. The minimum Gasteiger partial charge on any atom is -0.224 e. The molecule has 0 spiro atoms. The molecular weight excluding hydrogens is 259 g/mol. The molecule has 0 aliphatic heterocycles. The molecule has 0 radical (unpaired) electrons. The molecule has 1 aromatic carbocycles. The van der Waals surface area contributed by atoms with Crippen LogP contribution in [0, 0.1) is 12.7 Å². The zero-order valence-electron chi connectivity index (χ0n) is 7.14. The highest BCUT2D eigenvalue weighted by atomic mass is 79.9. The van der Waals surface area contributed by atoms with Crippen LogP contribution in [0.1, 0.15) is 5.56 Å². The van der Waals surface area contributed by atoms with Gasteiger partial charge in [0.1, 0.15) is 4.90 Å². The first-order valence-electron chi connectivity index (χ1n) is 3.48. The van der Waals surface area contributed by atoms with Gasteiger partial charge in [-0.15, -0.1) is 0 Å². The van der Waals surface area contributed by atoms with Crippen molar-refractivity contribution in [1.29, 1.82) is 0 Å². The lowest BCUT2D eigenvalue weighted by Crippen LogP contribution is -2.01. The molecule has 0 fully saturated rings. The molecule has 0 unspecified atom stereocenters. The first kappa shape index (κ1) is 10.7. The number of benzene rings is 1. The molecular formula is C8H8BrFO2S. The highest BCUT2D eigenvalue weighted by Gasteiger charge is 2.16. The van der Waals surface area contributed by atoms with E-state index >= 15 is 0 Å². The smallest absolute Gasteiger partial charge is 0.178 e. The summed E-state index contributed by atoms with van der Waals surface area (Å²) in [6.07, 6.45) is 0.983. The maximum absolute atomic E-state index is 13.3. The van der Waals surface area contributed by atoms with Crippen molar-refractivity contribution in [3.05, 3.63) is 28.0 Å². The minimum absolute atomic E-state index is 0.174. The van der Waals surface area contributed by atoms with Crippen LogP contribution < -0.4 is 0 Å². The maximum Gasteiger partial charge on any atom is 0.178 e. The van der Waals surface area contributed by atoms with Crippen molar-refractivity contribution in [2.45, 2.75) is 11.8 Å². The van der Waals surface area contributed by atoms with Crippen LogP contribution in [0.3, 0.4) is 0 Å². The van der Waals surface area contributed by atoms with Gasteiger partial charge in [0.2, 0.25) is 0 Å². The highest BCUT2D eigenvalue weighted by Crippen LogP contribution is 2.24. The van der Waals surface area contributed by atoms with Crippen molar-refractivity contribution in [2.24, 2.45) is 0 Å². The van der Waals surface area contributed by atoms with Gasteiger partial charge in [-0.3, -0.25) is 0 Å².